The Bertz CT molecular complexity index is 426. The number of benzene rings is 1. The van der Waals surface area contributed by atoms with Crippen LogP contribution in [0.5, 0.6) is 5.75 Å². The molecule has 0 aliphatic carbocycles. The van der Waals surface area contributed by atoms with Crippen LogP contribution in [0, 0.1) is 0 Å². The van der Waals surface area contributed by atoms with E-state index in [9.17, 15) is 4.79 Å². The van der Waals surface area contributed by atoms with Crippen LogP contribution >= 0.6 is 0 Å². The number of carbonyl (C=O) groups excluding carboxylic acids is 1. The Balaban J connectivity index is 1.67. The molecule has 1 saturated heterocycles. The second-order valence-electron chi connectivity index (χ2n) is 5.28. The summed E-state index contributed by atoms with van der Waals surface area (Å²) >= 11 is 0. The average molecular weight is 276 g/mol. The Kier molecular flexibility index (Phi) is 5.71. The van der Waals surface area contributed by atoms with E-state index in [-0.39, 0.29) is 5.91 Å². The van der Waals surface area contributed by atoms with E-state index in [0.717, 1.165) is 32.4 Å². The van der Waals surface area contributed by atoms with Crippen LogP contribution in [-0.4, -0.2) is 30.5 Å². The number of hydrogen-bond acceptors (Lipinski definition) is 3. The molecule has 1 aliphatic rings. The summed E-state index contributed by atoms with van der Waals surface area (Å²) in [6.45, 7) is 2.38. The molecule has 2 rings (SSSR count). The van der Waals surface area contributed by atoms with E-state index >= 15 is 0 Å². The highest BCUT2D eigenvalue weighted by Crippen LogP contribution is 2.20. The zero-order chi connectivity index (χ0) is 14.2. The summed E-state index contributed by atoms with van der Waals surface area (Å²) in [5, 5.41) is 0. The topological polar surface area (TPSA) is 55.6 Å². The van der Waals surface area contributed by atoms with Crippen molar-refractivity contribution in [1.29, 1.82) is 0 Å². The molecule has 20 heavy (non-hydrogen) atoms. The van der Waals surface area contributed by atoms with Gasteiger partial charge in [0.25, 0.3) is 0 Å². The van der Waals surface area contributed by atoms with Gasteiger partial charge in [-0.05, 0) is 31.4 Å². The molecule has 0 radical (unpaired) electrons. The van der Waals surface area contributed by atoms with Crippen LogP contribution in [0.15, 0.2) is 24.3 Å². The molecule has 0 bridgehead atoms. The molecule has 0 saturated carbocycles. The predicted molar refractivity (Wildman–Crippen MR) is 80.6 cm³/mol. The summed E-state index contributed by atoms with van der Waals surface area (Å²) in [7, 11) is 0. The number of ether oxygens (including phenoxy) is 1. The number of likely N-dealkylation sites (tertiary alicyclic amines) is 1. The lowest BCUT2D eigenvalue weighted by Crippen LogP contribution is -2.31. The van der Waals surface area contributed by atoms with Gasteiger partial charge in [0.05, 0.1) is 12.3 Å². The number of amides is 1. The van der Waals surface area contributed by atoms with Crippen molar-refractivity contribution in [3.05, 3.63) is 24.3 Å². The van der Waals surface area contributed by atoms with Crippen molar-refractivity contribution in [3.8, 4) is 5.75 Å². The van der Waals surface area contributed by atoms with Gasteiger partial charge in [-0.25, -0.2) is 0 Å². The molecule has 1 heterocycles. The normalized spacial score (nSPS) is 15.7. The molecule has 2 N–H and O–H groups in total. The van der Waals surface area contributed by atoms with Gasteiger partial charge in [0.1, 0.15) is 5.75 Å². The Labute approximate surface area is 120 Å². The van der Waals surface area contributed by atoms with Crippen molar-refractivity contribution in [2.45, 2.75) is 38.5 Å². The smallest absolute Gasteiger partial charge is 0.222 e. The van der Waals surface area contributed by atoms with E-state index in [1.165, 1.54) is 12.8 Å². The minimum atomic E-state index is 0.261. The summed E-state index contributed by atoms with van der Waals surface area (Å²) in [5.41, 5.74) is 6.44. The number of rotatable bonds is 5. The highest BCUT2D eigenvalue weighted by Gasteiger charge is 2.14. The number of para-hydroxylation sites is 2. The Hall–Kier alpha value is -1.71. The van der Waals surface area contributed by atoms with E-state index in [4.69, 9.17) is 10.5 Å². The predicted octanol–water partition coefficient (Wildman–Crippen LogP) is 2.83. The molecule has 1 amide bonds. The fraction of sp³-hybridized carbons (Fsp3) is 0.562. The third-order valence-electron chi connectivity index (χ3n) is 3.67. The molecule has 1 aromatic carbocycles. The number of anilines is 1. The number of nitrogen functional groups attached to an aromatic ring is 1. The van der Waals surface area contributed by atoms with Crippen molar-refractivity contribution in [2.24, 2.45) is 0 Å². The quantitative estimate of drug-likeness (QED) is 0.664. The van der Waals surface area contributed by atoms with Crippen LogP contribution in [0.3, 0.4) is 0 Å². The van der Waals surface area contributed by atoms with E-state index < -0.39 is 0 Å². The van der Waals surface area contributed by atoms with Crippen molar-refractivity contribution in [2.75, 3.05) is 25.4 Å². The van der Waals surface area contributed by atoms with Crippen molar-refractivity contribution < 1.29 is 9.53 Å². The maximum Gasteiger partial charge on any atom is 0.222 e. The largest absolute Gasteiger partial charge is 0.491 e. The first-order valence-corrected chi connectivity index (χ1v) is 7.52. The first-order chi connectivity index (χ1) is 9.77. The third-order valence-corrected chi connectivity index (χ3v) is 3.67. The summed E-state index contributed by atoms with van der Waals surface area (Å²) in [4.78, 5) is 14.1. The Morgan fingerprint density at radius 1 is 1.15 bits per heavy atom. The average Bonchev–Trinajstić information content (AvgIpc) is 2.74. The van der Waals surface area contributed by atoms with Crippen molar-refractivity contribution in [3.63, 3.8) is 0 Å². The molecule has 0 unspecified atom stereocenters. The molecule has 1 fully saturated rings. The molecule has 1 aliphatic heterocycles. The van der Waals surface area contributed by atoms with Crippen molar-refractivity contribution in [1.82, 2.24) is 4.90 Å². The Morgan fingerprint density at radius 2 is 1.85 bits per heavy atom. The second-order valence-corrected chi connectivity index (χ2v) is 5.28. The lowest BCUT2D eigenvalue weighted by molar-refractivity contribution is -0.131. The minimum absolute atomic E-state index is 0.261. The molecule has 110 valence electrons. The minimum Gasteiger partial charge on any atom is -0.491 e. The van der Waals surface area contributed by atoms with E-state index in [1.54, 1.807) is 0 Å². The SMILES string of the molecule is Nc1ccccc1OCCCC(=O)N1CCCCCC1. The molecule has 4 heteroatoms. The number of nitrogens with two attached hydrogens (primary N) is 1. The standard InChI is InChI=1S/C16H24N2O2/c17-14-8-3-4-9-15(14)20-13-7-10-16(19)18-11-5-1-2-6-12-18/h3-4,8-9H,1-2,5-7,10-13,17H2. The lowest BCUT2D eigenvalue weighted by Gasteiger charge is -2.20. The van der Waals surface area contributed by atoms with Gasteiger partial charge in [-0.2, -0.15) is 0 Å². The molecule has 0 spiro atoms. The zero-order valence-electron chi connectivity index (χ0n) is 12.0. The lowest BCUT2D eigenvalue weighted by atomic mass is 10.2. The fourth-order valence-corrected chi connectivity index (χ4v) is 2.50. The van der Waals surface area contributed by atoms with Gasteiger partial charge in [0.2, 0.25) is 5.91 Å². The Morgan fingerprint density at radius 3 is 2.55 bits per heavy atom. The monoisotopic (exact) mass is 276 g/mol. The van der Waals surface area contributed by atoms with Gasteiger partial charge in [0, 0.05) is 19.5 Å². The summed E-state index contributed by atoms with van der Waals surface area (Å²) in [5.74, 6) is 0.964. The highest BCUT2D eigenvalue weighted by molar-refractivity contribution is 5.76. The van der Waals surface area contributed by atoms with Crippen LogP contribution in [-0.2, 0) is 4.79 Å². The van der Waals surface area contributed by atoms with Crippen molar-refractivity contribution >= 4 is 11.6 Å². The van der Waals surface area contributed by atoms with Gasteiger partial charge in [-0.1, -0.05) is 25.0 Å². The molecular formula is C16H24N2O2. The first kappa shape index (κ1) is 14.7. The van der Waals surface area contributed by atoms with E-state index in [2.05, 4.69) is 0 Å². The second kappa shape index (κ2) is 7.78. The summed E-state index contributed by atoms with van der Waals surface area (Å²) in [6, 6.07) is 7.45. The van der Waals surface area contributed by atoms with Gasteiger partial charge in [0.15, 0.2) is 0 Å². The highest BCUT2D eigenvalue weighted by atomic mass is 16.5. The van der Waals surface area contributed by atoms with Gasteiger partial charge >= 0.3 is 0 Å². The molecule has 4 nitrogen and oxygen atoms in total. The molecule has 0 aromatic heterocycles. The summed E-state index contributed by atoms with van der Waals surface area (Å²) < 4.78 is 5.60. The third kappa shape index (κ3) is 4.44. The first-order valence-electron chi connectivity index (χ1n) is 7.52. The van der Waals surface area contributed by atoms with Crippen LogP contribution in [0.1, 0.15) is 38.5 Å². The van der Waals surface area contributed by atoms with Crippen LogP contribution in [0.2, 0.25) is 0 Å². The van der Waals surface area contributed by atoms with Gasteiger partial charge in [-0.3, -0.25) is 4.79 Å². The number of carbonyl (C=O) groups is 1. The van der Waals surface area contributed by atoms with Gasteiger partial charge in [-0.15, -0.1) is 0 Å². The maximum absolute atomic E-state index is 12.1. The van der Waals surface area contributed by atoms with Gasteiger partial charge < -0.3 is 15.4 Å². The van der Waals surface area contributed by atoms with E-state index in [0.29, 0.717) is 24.5 Å². The van der Waals surface area contributed by atoms with Crippen LogP contribution in [0.25, 0.3) is 0 Å². The van der Waals surface area contributed by atoms with E-state index in [1.807, 2.05) is 29.2 Å². The number of hydrogen-bond donors (Lipinski definition) is 1. The molecule has 1 aromatic rings. The zero-order valence-corrected chi connectivity index (χ0v) is 12.0. The maximum atomic E-state index is 12.1. The van der Waals surface area contributed by atoms with Crippen LogP contribution in [0.4, 0.5) is 5.69 Å². The fourth-order valence-electron chi connectivity index (χ4n) is 2.50. The van der Waals surface area contributed by atoms with Crippen LogP contribution < -0.4 is 10.5 Å². The molecular weight excluding hydrogens is 252 g/mol. The summed E-state index contributed by atoms with van der Waals surface area (Å²) in [6.07, 6.45) is 6.09. The molecule has 0 atom stereocenters. The number of nitrogens with zero attached hydrogens (tertiary/aromatic N) is 1.